The molecular formula is C12H19N3O2S. The van der Waals surface area contributed by atoms with Crippen molar-refractivity contribution < 1.29 is 9.59 Å². The average molecular weight is 269 g/mol. The van der Waals surface area contributed by atoms with E-state index in [1.165, 1.54) is 11.3 Å². The van der Waals surface area contributed by atoms with Crippen LogP contribution in [0.3, 0.4) is 0 Å². The Balaban J connectivity index is 2.68. The Labute approximate surface area is 111 Å². The first-order valence-electron chi connectivity index (χ1n) is 5.68. The van der Waals surface area contributed by atoms with Gasteiger partial charge in [0.05, 0.1) is 12.5 Å². The van der Waals surface area contributed by atoms with Gasteiger partial charge < -0.3 is 16.4 Å². The smallest absolute Gasteiger partial charge is 0.312 e. The number of carbonyl (C=O) groups excluding carboxylic acids is 2. The van der Waals surface area contributed by atoms with Crippen molar-refractivity contribution in [1.82, 2.24) is 10.6 Å². The molecule has 3 amide bonds. The van der Waals surface area contributed by atoms with Crippen molar-refractivity contribution in [2.24, 2.45) is 5.73 Å². The molecule has 0 radical (unpaired) electrons. The second-order valence-corrected chi connectivity index (χ2v) is 6.06. The van der Waals surface area contributed by atoms with E-state index in [-0.39, 0.29) is 23.9 Å². The molecule has 18 heavy (non-hydrogen) atoms. The van der Waals surface area contributed by atoms with Crippen molar-refractivity contribution in [3.8, 4) is 0 Å². The number of hydrogen-bond donors (Lipinski definition) is 3. The zero-order chi connectivity index (χ0) is 13.8. The molecule has 0 aromatic carbocycles. The summed E-state index contributed by atoms with van der Waals surface area (Å²) < 4.78 is 0. The van der Waals surface area contributed by atoms with Gasteiger partial charge in [0.1, 0.15) is 0 Å². The van der Waals surface area contributed by atoms with Gasteiger partial charge >= 0.3 is 6.03 Å². The van der Waals surface area contributed by atoms with Crippen molar-refractivity contribution in [3.05, 3.63) is 22.4 Å². The summed E-state index contributed by atoms with van der Waals surface area (Å²) in [7, 11) is 0. The van der Waals surface area contributed by atoms with Gasteiger partial charge in [-0.05, 0) is 32.2 Å². The zero-order valence-corrected chi connectivity index (χ0v) is 11.6. The Hall–Kier alpha value is -1.56. The Kier molecular flexibility index (Phi) is 4.72. The molecule has 5 nitrogen and oxygen atoms in total. The van der Waals surface area contributed by atoms with E-state index in [9.17, 15) is 9.59 Å². The van der Waals surface area contributed by atoms with Gasteiger partial charge in [-0.15, -0.1) is 11.3 Å². The van der Waals surface area contributed by atoms with Gasteiger partial charge in [-0.25, -0.2) is 4.79 Å². The maximum atomic E-state index is 11.8. The van der Waals surface area contributed by atoms with Gasteiger partial charge in [-0.2, -0.15) is 0 Å². The number of nitrogens with one attached hydrogen (secondary N) is 2. The first kappa shape index (κ1) is 14.5. The van der Waals surface area contributed by atoms with Crippen LogP contribution >= 0.6 is 11.3 Å². The molecule has 0 aliphatic carbocycles. The summed E-state index contributed by atoms with van der Waals surface area (Å²) in [6.45, 7) is 5.73. The average Bonchev–Trinajstić information content (AvgIpc) is 2.64. The summed E-state index contributed by atoms with van der Waals surface area (Å²) in [4.78, 5) is 23.7. The third kappa shape index (κ3) is 5.18. The molecule has 0 fully saturated rings. The van der Waals surface area contributed by atoms with Crippen LogP contribution in [0.2, 0.25) is 0 Å². The van der Waals surface area contributed by atoms with Crippen LogP contribution in [-0.4, -0.2) is 17.5 Å². The molecule has 0 aliphatic rings. The second-order valence-electron chi connectivity index (χ2n) is 5.08. The van der Waals surface area contributed by atoms with E-state index in [0.717, 1.165) is 4.88 Å². The van der Waals surface area contributed by atoms with Gasteiger partial charge in [-0.3, -0.25) is 4.79 Å². The molecule has 1 rings (SSSR count). The summed E-state index contributed by atoms with van der Waals surface area (Å²) >= 11 is 1.48. The molecule has 1 aromatic rings. The fourth-order valence-corrected chi connectivity index (χ4v) is 2.32. The first-order chi connectivity index (χ1) is 8.28. The number of nitrogens with two attached hydrogens (primary N) is 1. The molecule has 1 heterocycles. The Bertz CT molecular complexity index is 409. The summed E-state index contributed by atoms with van der Waals surface area (Å²) in [5.41, 5.74) is 4.84. The zero-order valence-electron chi connectivity index (χ0n) is 10.8. The monoisotopic (exact) mass is 269 g/mol. The minimum atomic E-state index is -0.628. The van der Waals surface area contributed by atoms with Crippen LogP contribution in [0.15, 0.2) is 17.5 Å². The van der Waals surface area contributed by atoms with E-state index < -0.39 is 6.03 Å². The molecule has 1 atom stereocenters. The maximum absolute atomic E-state index is 11.8. The van der Waals surface area contributed by atoms with Gasteiger partial charge in [0, 0.05) is 10.4 Å². The maximum Gasteiger partial charge on any atom is 0.312 e. The van der Waals surface area contributed by atoms with E-state index in [2.05, 4.69) is 10.6 Å². The predicted molar refractivity (Wildman–Crippen MR) is 72.3 cm³/mol. The van der Waals surface area contributed by atoms with E-state index in [0.29, 0.717) is 0 Å². The highest BCUT2D eigenvalue weighted by Gasteiger charge is 2.21. The van der Waals surface area contributed by atoms with Crippen LogP contribution in [0.5, 0.6) is 0 Å². The fourth-order valence-electron chi connectivity index (χ4n) is 1.54. The van der Waals surface area contributed by atoms with Gasteiger partial charge in [0.15, 0.2) is 0 Å². The number of carbonyl (C=O) groups is 2. The minimum Gasteiger partial charge on any atom is -0.352 e. The number of thiophene rings is 1. The lowest BCUT2D eigenvalue weighted by Crippen LogP contribution is -2.43. The first-order valence-corrected chi connectivity index (χ1v) is 6.56. The van der Waals surface area contributed by atoms with Crippen LogP contribution in [0, 0.1) is 0 Å². The third-order valence-corrected chi connectivity index (χ3v) is 3.09. The van der Waals surface area contributed by atoms with Gasteiger partial charge in [0.25, 0.3) is 0 Å². The molecule has 100 valence electrons. The van der Waals surface area contributed by atoms with E-state index in [1.807, 2.05) is 38.3 Å². The van der Waals surface area contributed by atoms with E-state index in [1.54, 1.807) is 0 Å². The molecule has 0 saturated carbocycles. The quantitative estimate of drug-likeness (QED) is 0.778. The lowest BCUT2D eigenvalue weighted by atomic mass is 10.1. The van der Waals surface area contributed by atoms with Crippen LogP contribution in [0.1, 0.15) is 38.1 Å². The molecule has 6 heteroatoms. The molecule has 0 saturated heterocycles. The van der Waals surface area contributed by atoms with Crippen molar-refractivity contribution >= 4 is 23.3 Å². The summed E-state index contributed by atoms with van der Waals surface area (Å²) in [6, 6.07) is 2.74. The van der Waals surface area contributed by atoms with Crippen molar-refractivity contribution in [3.63, 3.8) is 0 Å². The Morgan fingerprint density at radius 2 is 2.11 bits per heavy atom. The number of rotatable bonds is 4. The number of amides is 3. The lowest BCUT2D eigenvalue weighted by Gasteiger charge is -2.23. The minimum absolute atomic E-state index is 0.116. The summed E-state index contributed by atoms with van der Waals surface area (Å²) in [5, 5.41) is 7.34. The highest BCUT2D eigenvalue weighted by atomic mass is 32.1. The largest absolute Gasteiger partial charge is 0.352 e. The normalized spacial score (nSPS) is 12.8. The number of primary amides is 1. The highest BCUT2D eigenvalue weighted by molar-refractivity contribution is 7.10. The molecule has 4 N–H and O–H groups in total. The third-order valence-electron chi connectivity index (χ3n) is 2.11. The second kappa shape index (κ2) is 5.86. The van der Waals surface area contributed by atoms with E-state index >= 15 is 0 Å². The predicted octanol–water partition coefficient (Wildman–Crippen LogP) is 1.76. The van der Waals surface area contributed by atoms with Crippen molar-refractivity contribution in [2.45, 2.75) is 38.8 Å². The molecule has 1 aromatic heterocycles. The number of hydrogen-bond acceptors (Lipinski definition) is 3. The van der Waals surface area contributed by atoms with Crippen LogP contribution in [-0.2, 0) is 4.79 Å². The fraction of sp³-hybridized carbons (Fsp3) is 0.500. The number of urea groups is 1. The highest BCUT2D eigenvalue weighted by Crippen LogP contribution is 2.22. The Morgan fingerprint density at radius 1 is 1.44 bits per heavy atom. The molecule has 0 bridgehead atoms. The standard InChI is InChI=1S/C12H19N3O2S/c1-12(2,3)15-10(16)7-8(14-11(13)17)9-5-4-6-18-9/h4-6,8H,7H2,1-3H3,(H,15,16)(H3,13,14,17). The van der Waals surface area contributed by atoms with Crippen molar-refractivity contribution in [1.29, 1.82) is 0 Å². The lowest BCUT2D eigenvalue weighted by molar-refractivity contribution is -0.122. The summed E-state index contributed by atoms with van der Waals surface area (Å²) in [5.74, 6) is -0.116. The topological polar surface area (TPSA) is 84.2 Å². The molecule has 0 aliphatic heterocycles. The SMILES string of the molecule is CC(C)(C)NC(=O)CC(NC(N)=O)c1cccs1. The van der Waals surface area contributed by atoms with E-state index in [4.69, 9.17) is 5.73 Å². The molecule has 0 spiro atoms. The van der Waals surface area contributed by atoms with Crippen LogP contribution in [0.25, 0.3) is 0 Å². The van der Waals surface area contributed by atoms with Gasteiger partial charge in [0.2, 0.25) is 5.91 Å². The van der Waals surface area contributed by atoms with Crippen LogP contribution in [0.4, 0.5) is 4.79 Å². The molecular weight excluding hydrogens is 250 g/mol. The van der Waals surface area contributed by atoms with Crippen LogP contribution < -0.4 is 16.4 Å². The van der Waals surface area contributed by atoms with Gasteiger partial charge in [-0.1, -0.05) is 6.07 Å². The van der Waals surface area contributed by atoms with Crippen molar-refractivity contribution in [2.75, 3.05) is 0 Å². The molecule has 1 unspecified atom stereocenters. The Morgan fingerprint density at radius 3 is 2.56 bits per heavy atom. The summed E-state index contributed by atoms with van der Waals surface area (Å²) in [6.07, 6.45) is 0.181.